The molecule has 0 atom stereocenters. The third-order valence-corrected chi connectivity index (χ3v) is 4.63. The van der Waals surface area contributed by atoms with E-state index in [0.717, 1.165) is 27.6 Å². The molecule has 0 aliphatic heterocycles. The van der Waals surface area contributed by atoms with Crippen molar-refractivity contribution >= 4 is 21.7 Å². The summed E-state index contributed by atoms with van der Waals surface area (Å²) in [5.74, 6) is 0.731. The second-order valence-corrected chi connectivity index (χ2v) is 6.22. The van der Waals surface area contributed by atoms with Crippen molar-refractivity contribution in [1.29, 1.82) is 0 Å². The molecular formula is C22H18O3. The lowest BCUT2D eigenvalue weighted by Crippen LogP contribution is -2.02. The maximum Gasteiger partial charge on any atom is 0.344 e. The topological polar surface area (TPSA) is 39.4 Å². The van der Waals surface area contributed by atoms with Crippen LogP contribution in [0.15, 0.2) is 69.9 Å². The van der Waals surface area contributed by atoms with Gasteiger partial charge in [-0.2, -0.15) is 0 Å². The summed E-state index contributed by atoms with van der Waals surface area (Å²) in [6, 6.07) is 19.6. The van der Waals surface area contributed by atoms with Gasteiger partial charge >= 0.3 is 5.63 Å². The molecule has 0 spiro atoms. The number of hydrogen-bond donors (Lipinski definition) is 0. The van der Waals surface area contributed by atoms with E-state index in [1.807, 2.05) is 49.4 Å². The quantitative estimate of drug-likeness (QED) is 0.385. The van der Waals surface area contributed by atoms with Crippen LogP contribution in [0.3, 0.4) is 0 Å². The van der Waals surface area contributed by atoms with Crippen LogP contribution in [0.25, 0.3) is 21.7 Å². The first-order valence-corrected chi connectivity index (χ1v) is 8.27. The molecule has 0 amide bonds. The molecule has 0 saturated heterocycles. The van der Waals surface area contributed by atoms with Gasteiger partial charge in [0.05, 0.1) is 5.39 Å². The SMILES string of the molecule is Cc1ccccc1COc1ccc2c(oc(=O)c3ccccc32)c1C. The highest BCUT2D eigenvalue weighted by molar-refractivity contribution is 6.05. The predicted octanol–water partition coefficient (Wildman–Crippen LogP) is 5.14. The Balaban J connectivity index is 1.79. The minimum atomic E-state index is -0.317. The van der Waals surface area contributed by atoms with Crippen molar-refractivity contribution in [2.45, 2.75) is 20.5 Å². The molecule has 4 rings (SSSR count). The molecular weight excluding hydrogens is 312 g/mol. The van der Waals surface area contributed by atoms with Gasteiger partial charge in [0.15, 0.2) is 0 Å². The molecule has 0 aliphatic rings. The maximum absolute atomic E-state index is 12.3. The van der Waals surface area contributed by atoms with Crippen molar-refractivity contribution < 1.29 is 9.15 Å². The Labute approximate surface area is 145 Å². The van der Waals surface area contributed by atoms with Gasteiger partial charge in [-0.3, -0.25) is 0 Å². The van der Waals surface area contributed by atoms with E-state index in [-0.39, 0.29) is 5.63 Å². The number of rotatable bonds is 3. The van der Waals surface area contributed by atoms with Crippen molar-refractivity contribution in [2.75, 3.05) is 0 Å². The van der Waals surface area contributed by atoms with E-state index in [1.54, 1.807) is 6.07 Å². The molecule has 3 heteroatoms. The van der Waals surface area contributed by atoms with Gasteiger partial charge in [0.1, 0.15) is 17.9 Å². The van der Waals surface area contributed by atoms with Crippen LogP contribution < -0.4 is 10.4 Å². The van der Waals surface area contributed by atoms with Crippen LogP contribution in [0.1, 0.15) is 16.7 Å². The standard InChI is InChI=1S/C22H18O3/c1-14-7-3-4-8-16(14)13-24-20-12-11-18-17-9-5-6-10-19(17)22(23)25-21(18)15(20)2/h3-12H,13H2,1-2H3. The smallest absolute Gasteiger partial charge is 0.344 e. The molecule has 4 aromatic rings. The minimum Gasteiger partial charge on any atom is -0.488 e. The zero-order valence-corrected chi connectivity index (χ0v) is 14.2. The van der Waals surface area contributed by atoms with E-state index in [0.29, 0.717) is 17.6 Å². The van der Waals surface area contributed by atoms with Gasteiger partial charge in [-0.1, -0.05) is 42.5 Å². The number of aryl methyl sites for hydroxylation is 2. The molecule has 3 nitrogen and oxygen atoms in total. The molecule has 0 saturated carbocycles. The Hall–Kier alpha value is -3.07. The Morgan fingerprint density at radius 1 is 0.840 bits per heavy atom. The first kappa shape index (κ1) is 15.5. The van der Waals surface area contributed by atoms with Crippen molar-refractivity contribution in [2.24, 2.45) is 0 Å². The highest BCUT2D eigenvalue weighted by atomic mass is 16.5. The average molecular weight is 330 g/mol. The Bertz CT molecular complexity index is 1140. The van der Waals surface area contributed by atoms with Crippen molar-refractivity contribution in [1.82, 2.24) is 0 Å². The number of ether oxygens (including phenoxy) is 1. The van der Waals surface area contributed by atoms with Gasteiger partial charge in [0, 0.05) is 10.9 Å². The normalized spacial score (nSPS) is 11.1. The fraction of sp³-hybridized carbons (Fsp3) is 0.136. The molecule has 0 N–H and O–H groups in total. The fourth-order valence-electron chi connectivity index (χ4n) is 3.14. The van der Waals surface area contributed by atoms with Gasteiger partial charge < -0.3 is 9.15 Å². The second kappa shape index (κ2) is 6.10. The van der Waals surface area contributed by atoms with Gasteiger partial charge in [0.2, 0.25) is 0 Å². The van der Waals surface area contributed by atoms with Crippen LogP contribution in [-0.4, -0.2) is 0 Å². The van der Waals surface area contributed by atoms with Gasteiger partial charge in [-0.15, -0.1) is 0 Å². The van der Waals surface area contributed by atoms with E-state index in [2.05, 4.69) is 19.1 Å². The highest BCUT2D eigenvalue weighted by Gasteiger charge is 2.12. The number of fused-ring (bicyclic) bond motifs is 3. The van der Waals surface area contributed by atoms with Crippen molar-refractivity contribution in [3.05, 3.63) is 87.8 Å². The molecule has 0 aliphatic carbocycles. The molecule has 1 aromatic heterocycles. The zero-order valence-electron chi connectivity index (χ0n) is 14.2. The number of hydrogen-bond acceptors (Lipinski definition) is 3. The third kappa shape index (κ3) is 2.68. The summed E-state index contributed by atoms with van der Waals surface area (Å²) in [5.41, 5.74) is 3.45. The molecule has 0 fully saturated rings. The lowest BCUT2D eigenvalue weighted by molar-refractivity contribution is 0.303. The van der Waals surface area contributed by atoms with Crippen LogP contribution in [0, 0.1) is 13.8 Å². The molecule has 0 radical (unpaired) electrons. The molecule has 124 valence electrons. The highest BCUT2D eigenvalue weighted by Crippen LogP contribution is 2.31. The summed E-state index contributed by atoms with van der Waals surface area (Å²) in [4.78, 5) is 12.3. The average Bonchev–Trinajstić information content (AvgIpc) is 2.63. The summed E-state index contributed by atoms with van der Waals surface area (Å²) in [6.07, 6.45) is 0. The third-order valence-electron chi connectivity index (χ3n) is 4.63. The lowest BCUT2D eigenvalue weighted by Gasteiger charge is -2.12. The first-order valence-electron chi connectivity index (χ1n) is 8.27. The lowest BCUT2D eigenvalue weighted by atomic mass is 10.0. The molecule has 0 unspecified atom stereocenters. The van der Waals surface area contributed by atoms with Crippen molar-refractivity contribution in [3.8, 4) is 5.75 Å². The Morgan fingerprint density at radius 3 is 2.36 bits per heavy atom. The van der Waals surface area contributed by atoms with Crippen LogP contribution in [0.2, 0.25) is 0 Å². The fourth-order valence-corrected chi connectivity index (χ4v) is 3.14. The van der Waals surface area contributed by atoms with Gasteiger partial charge in [0.25, 0.3) is 0 Å². The predicted molar refractivity (Wildman–Crippen MR) is 100 cm³/mol. The van der Waals surface area contributed by atoms with E-state index in [9.17, 15) is 4.79 Å². The number of benzene rings is 3. The first-order chi connectivity index (χ1) is 12.1. The molecule has 0 bridgehead atoms. The minimum absolute atomic E-state index is 0.317. The summed E-state index contributed by atoms with van der Waals surface area (Å²) >= 11 is 0. The van der Waals surface area contributed by atoms with Crippen LogP contribution in [-0.2, 0) is 6.61 Å². The van der Waals surface area contributed by atoms with Gasteiger partial charge in [-0.25, -0.2) is 4.79 Å². The van der Waals surface area contributed by atoms with Crippen LogP contribution in [0.5, 0.6) is 5.75 Å². The largest absolute Gasteiger partial charge is 0.488 e. The monoisotopic (exact) mass is 330 g/mol. The van der Waals surface area contributed by atoms with E-state index in [1.165, 1.54) is 5.56 Å². The Morgan fingerprint density at radius 2 is 1.56 bits per heavy atom. The van der Waals surface area contributed by atoms with Crippen LogP contribution in [0.4, 0.5) is 0 Å². The summed E-state index contributed by atoms with van der Waals surface area (Å²) < 4.78 is 11.6. The summed E-state index contributed by atoms with van der Waals surface area (Å²) in [6.45, 7) is 4.47. The summed E-state index contributed by atoms with van der Waals surface area (Å²) in [5, 5.41) is 2.43. The van der Waals surface area contributed by atoms with E-state index in [4.69, 9.17) is 9.15 Å². The Kier molecular flexibility index (Phi) is 3.77. The maximum atomic E-state index is 12.3. The van der Waals surface area contributed by atoms with Crippen LogP contribution >= 0.6 is 0 Å². The molecule has 25 heavy (non-hydrogen) atoms. The molecule has 3 aromatic carbocycles. The zero-order chi connectivity index (χ0) is 17.4. The van der Waals surface area contributed by atoms with E-state index < -0.39 is 0 Å². The van der Waals surface area contributed by atoms with Crippen molar-refractivity contribution in [3.63, 3.8) is 0 Å². The second-order valence-electron chi connectivity index (χ2n) is 6.22. The molecule has 1 heterocycles. The van der Waals surface area contributed by atoms with E-state index >= 15 is 0 Å². The van der Waals surface area contributed by atoms with Gasteiger partial charge in [-0.05, 0) is 48.6 Å². The summed E-state index contributed by atoms with van der Waals surface area (Å²) in [7, 11) is 0.